The van der Waals surface area contributed by atoms with E-state index >= 15 is 0 Å². The molecule has 1 amide bonds. The molecule has 2 aromatic rings. The zero-order valence-corrected chi connectivity index (χ0v) is 12.5. The first kappa shape index (κ1) is 14.6. The van der Waals surface area contributed by atoms with Crippen LogP contribution < -0.4 is 4.90 Å². The molecule has 1 aliphatic rings. The predicted molar refractivity (Wildman–Crippen MR) is 86.2 cm³/mol. The van der Waals surface area contributed by atoms with Gasteiger partial charge in [0, 0.05) is 23.6 Å². The van der Waals surface area contributed by atoms with Crippen LogP contribution in [-0.4, -0.2) is 22.6 Å². The number of nitro groups is 1. The topological polar surface area (TPSA) is 63.5 Å². The van der Waals surface area contributed by atoms with Crippen molar-refractivity contribution < 1.29 is 9.72 Å². The molecule has 3 rings (SSSR count). The minimum atomic E-state index is -0.444. The molecule has 0 aliphatic carbocycles. The number of amides is 1. The Hall–Kier alpha value is -2.34. The number of anilines is 1. The minimum Gasteiger partial charge on any atom is -0.311 e. The highest BCUT2D eigenvalue weighted by atomic mass is 32.2. The summed E-state index contributed by atoms with van der Waals surface area (Å²) < 4.78 is 0. The summed E-state index contributed by atoms with van der Waals surface area (Å²) in [5.41, 5.74) is 0.597. The summed E-state index contributed by atoms with van der Waals surface area (Å²) in [7, 11) is 0. The van der Waals surface area contributed by atoms with Crippen LogP contribution in [0.3, 0.4) is 0 Å². The fourth-order valence-corrected chi connectivity index (χ4v) is 3.55. The zero-order valence-electron chi connectivity index (χ0n) is 11.7. The van der Waals surface area contributed by atoms with E-state index in [4.69, 9.17) is 0 Å². The number of hydrogen-bond acceptors (Lipinski definition) is 4. The molecule has 1 atom stereocenters. The van der Waals surface area contributed by atoms with Crippen molar-refractivity contribution >= 4 is 29.0 Å². The van der Waals surface area contributed by atoms with Crippen molar-refractivity contribution in [3.05, 3.63) is 64.7 Å². The van der Waals surface area contributed by atoms with Gasteiger partial charge in [0.2, 0.25) is 5.91 Å². The van der Waals surface area contributed by atoms with Crippen molar-refractivity contribution in [2.24, 2.45) is 0 Å². The summed E-state index contributed by atoms with van der Waals surface area (Å²) in [4.78, 5) is 25.6. The van der Waals surface area contributed by atoms with Gasteiger partial charge in [0.05, 0.1) is 15.9 Å². The monoisotopic (exact) mass is 314 g/mol. The van der Waals surface area contributed by atoms with Gasteiger partial charge in [-0.2, -0.15) is 0 Å². The van der Waals surface area contributed by atoms with Crippen molar-refractivity contribution in [2.75, 3.05) is 11.4 Å². The second kappa shape index (κ2) is 6.19. The molecule has 0 radical (unpaired) electrons. The van der Waals surface area contributed by atoms with E-state index in [0.717, 1.165) is 11.3 Å². The molecule has 0 aromatic heterocycles. The van der Waals surface area contributed by atoms with Gasteiger partial charge in [-0.05, 0) is 24.6 Å². The summed E-state index contributed by atoms with van der Waals surface area (Å²) in [6.45, 7) is 0.588. The van der Waals surface area contributed by atoms with Gasteiger partial charge in [-0.25, -0.2) is 0 Å². The Balaban J connectivity index is 1.76. The van der Waals surface area contributed by atoms with Gasteiger partial charge in [-0.15, -0.1) is 11.8 Å². The van der Waals surface area contributed by atoms with Crippen LogP contribution in [0.25, 0.3) is 0 Å². The highest BCUT2D eigenvalue weighted by Crippen LogP contribution is 2.33. The molecule has 1 fully saturated rings. The summed E-state index contributed by atoms with van der Waals surface area (Å²) in [6, 6.07) is 16.0. The summed E-state index contributed by atoms with van der Waals surface area (Å²) in [6.07, 6.45) is 0.737. The van der Waals surface area contributed by atoms with E-state index in [0.29, 0.717) is 12.2 Å². The number of non-ortho nitro benzene ring substituents is 1. The number of carbonyl (C=O) groups excluding carboxylic acids is 1. The molecule has 5 nitrogen and oxygen atoms in total. The van der Waals surface area contributed by atoms with Gasteiger partial charge in [-0.3, -0.25) is 14.9 Å². The van der Waals surface area contributed by atoms with Crippen molar-refractivity contribution in [3.8, 4) is 0 Å². The van der Waals surface area contributed by atoms with E-state index in [9.17, 15) is 14.9 Å². The van der Waals surface area contributed by atoms with Gasteiger partial charge >= 0.3 is 0 Å². The van der Waals surface area contributed by atoms with Crippen LogP contribution in [0.2, 0.25) is 0 Å². The second-order valence-corrected chi connectivity index (χ2v) is 6.25. The molecule has 0 spiro atoms. The molecule has 0 N–H and O–H groups in total. The van der Waals surface area contributed by atoms with Crippen LogP contribution in [0.4, 0.5) is 11.4 Å². The number of carbonyl (C=O) groups is 1. The number of thioether (sulfide) groups is 1. The number of nitro benzene ring substituents is 1. The third-order valence-electron chi connectivity index (χ3n) is 3.53. The van der Waals surface area contributed by atoms with E-state index in [2.05, 4.69) is 0 Å². The third-order valence-corrected chi connectivity index (χ3v) is 4.80. The number of rotatable bonds is 4. The average molecular weight is 314 g/mol. The molecule has 1 saturated heterocycles. The minimum absolute atomic E-state index is 0.00413. The predicted octanol–water partition coefficient (Wildman–Crippen LogP) is 3.49. The van der Waals surface area contributed by atoms with Crippen LogP contribution in [0, 0.1) is 10.1 Å². The lowest BCUT2D eigenvalue weighted by atomic mass is 10.2. The van der Waals surface area contributed by atoms with E-state index in [1.54, 1.807) is 28.8 Å². The first-order valence-corrected chi connectivity index (χ1v) is 7.80. The molecular weight excluding hydrogens is 300 g/mol. The van der Waals surface area contributed by atoms with Crippen molar-refractivity contribution in [3.63, 3.8) is 0 Å². The fourth-order valence-electron chi connectivity index (χ4n) is 2.46. The highest BCUT2D eigenvalue weighted by Gasteiger charge is 2.33. The number of hydrogen-bond donors (Lipinski definition) is 0. The van der Waals surface area contributed by atoms with Gasteiger partial charge in [0.25, 0.3) is 5.69 Å². The highest BCUT2D eigenvalue weighted by molar-refractivity contribution is 8.00. The normalized spacial score (nSPS) is 17.7. The summed E-state index contributed by atoms with van der Waals surface area (Å²) in [5, 5.41) is 10.7. The lowest BCUT2D eigenvalue weighted by Crippen LogP contribution is -2.27. The lowest BCUT2D eigenvalue weighted by Gasteiger charge is -2.16. The molecule has 22 heavy (non-hydrogen) atoms. The number of benzene rings is 2. The maximum absolute atomic E-state index is 12.5. The summed E-state index contributed by atoms with van der Waals surface area (Å²) in [5.74, 6) is 0.00866. The maximum Gasteiger partial charge on any atom is 0.271 e. The first-order chi connectivity index (χ1) is 10.6. The summed E-state index contributed by atoms with van der Waals surface area (Å²) >= 11 is 1.54. The Morgan fingerprint density at radius 2 is 1.91 bits per heavy atom. The third kappa shape index (κ3) is 2.96. The fraction of sp³-hybridized carbons (Fsp3) is 0.188. The van der Waals surface area contributed by atoms with E-state index < -0.39 is 4.92 Å². The standard InChI is InChI=1S/C16H14N2O3S/c19-16-15(22-14-7-2-1-3-8-14)9-10-17(16)12-5-4-6-13(11-12)18(20)21/h1-8,11,15H,9-10H2/t15-/m0/s1. The Morgan fingerprint density at radius 1 is 1.14 bits per heavy atom. The number of nitrogens with zero attached hydrogens (tertiary/aromatic N) is 2. The van der Waals surface area contributed by atoms with E-state index in [1.165, 1.54) is 12.1 Å². The molecule has 0 bridgehead atoms. The Bertz CT molecular complexity index is 706. The van der Waals surface area contributed by atoms with Gasteiger partial charge in [-0.1, -0.05) is 24.3 Å². The Labute approximate surface area is 132 Å². The van der Waals surface area contributed by atoms with Gasteiger partial charge in [0.1, 0.15) is 0 Å². The molecule has 6 heteroatoms. The molecule has 112 valence electrons. The Kier molecular flexibility index (Phi) is 4.11. The first-order valence-electron chi connectivity index (χ1n) is 6.93. The van der Waals surface area contributed by atoms with E-state index in [-0.39, 0.29) is 16.8 Å². The molecule has 1 heterocycles. The van der Waals surface area contributed by atoms with Crippen molar-refractivity contribution in [2.45, 2.75) is 16.6 Å². The average Bonchev–Trinajstić information content (AvgIpc) is 2.89. The Morgan fingerprint density at radius 3 is 2.64 bits per heavy atom. The van der Waals surface area contributed by atoms with Crippen LogP contribution in [0.1, 0.15) is 6.42 Å². The molecule has 0 unspecified atom stereocenters. The lowest BCUT2D eigenvalue weighted by molar-refractivity contribution is -0.384. The molecular formula is C16H14N2O3S. The van der Waals surface area contributed by atoms with Crippen LogP contribution in [0.5, 0.6) is 0 Å². The molecule has 0 saturated carbocycles. The SMILES string of the molecule is O=C1[C@@H](Sc2ccccc2)CCN1c1cccc([N+](=O)[O-])c1. The second-order valence-electron chi connectivity index (χ2n) is 4.98. The van der Waals surface area contributed by atoms with Crippen LogP contribution in [0.15, 0.2) is 59.5 Å². The van der Waals surface area contributed by atoms with Gasteiger partial charge in [0.15, 0.2) is 0 Å². The van der Waals surface area contributed by atoms with Gasteiger partial charge < -0.3 is 4.90 Å². The van der Waals surface area contributed by atoms with Crippen molar-refractivity contribution in [1.82, 2.24) is 0 Å². The quantitative estimate of drug-likeness (QED) is 0.640. The van der Waals surface area contributed by atoms with E-state index in [1.807, 2.05) is 30.3 Å². The van der Waals surface area contributed by atoms with Crippen molar-refractivity contribution in [1.29, 1.82) is 0 Å². The molecule has 1 aliphatic heterocycles. The smallest absolute Gasteiger partial charge is 0.271 e. The van der Waals surface area contributed by atoms with Crippen LogP contribution >= 0.6 is 11.8 Å². The largest absolute Gasteiger partial charge is 0.311 e. The van der Waals surface area contributed by atoms with Crippen LogP contribution in [-0.2, 0) is 4.79 Å². The molecule has 2 aromatic carbocycles. The maximum atomic E-state index is 12.5. The zero-order chi connectivity index (χ0) is 15.5.